The van der Waals surface area contributed by atoms with Gasteiger partial charge in [0.05, 0.1) is 5.66 Å². The van der Waals surface area contributed by atoms with E-state index in [1.54, 1.807) is 0 Å². The highest BCUT2D eigenvalue weighted by atomic mass is 31.1. The Morgan fingerprint density at radius 1 is 0.512 bits per heavy atom. The molecular weight excluding hydrogens is 564 g/mol. The number of hydrogen-bond donors (Lipinski definition) is 1. The number of halogens is 4. The van der Waals surface area contributed by atoms with Crippen LogP contribution in [0.1, 0.15) is 34.0 Å². The summed E-state index contributed by atoms with van der Waals surface area (Å²) in [6.07, 6.45) is 2.19. The van der Waals surface area contributed by atoms with E-state index >= 15 is 0 Å². The van der Waals surface area contributed by atoms with Crippen LogP contribution < -0.4 is 5.73 Å². The number of benzene rings is 6. The van der Waals surface area contributed by atoms with Gasteiger partial charge in [0.1, 0.15) is 6.04 Å². The maximum Gasteiger partial charge on any atom is 0.673 e. The fourth-order valence-corrected chi connectivity index (χ4v) is 9.59. The van der Waals surface area contributed by atoms with E-state index in [4.69, 9.17) is 5.73 Å². The lowest BCUT2D eigenvalue weighted by Gasteiger charge is -2.31. The fourth-order valence-electron chi connectivity index (χ4n) is 6.41. The molecule has 0 aliphatic carbocycles. The lowest BCUT2D eigenvalue weighted by atomic mass is 9.88. The molecule has 2 atom stereocenters. The Balaban J connectivity index is 0.000000611. The molecule has 0 unspecified atom stereocenters. The summed E-state index contributed by atoms with van der Waals surface area (Å²) in [7, 11) is -6.45. The van der Waals surface area contributed by atoms with Gasteiger partial charge in [-0.05, 0) is 61.7 Å². The molecule has 0 amide bonds. The van der Waals surface area contributed by atoms with Crippen LogP contribution in [-0.4, -0.2) is 7.25 Å². The first-order valence-electron chi connectivity index (χ1n) is 14.3. The Bertz CT molecular complexity index is 1770. The second-order valence-electron chi connectivity index (χ2n) is 10.9. The topological polar surface area (TPSA) is 27.6 Å². The second kappa shape index (κ2) is 12.3. The van der Waals surface area contributed by atoms with Crippen molar-refractivity contribution in [2.45, 2.75) is 24.0 Å². The Morgan fingerprint density at radius 2 is 0.907 bits per heavy atom. The first kappa shape index (κ1) is 29.1. The number of hydrogen-bond acceptors (Lipinski definition) is 0. The molecule has 6 aromatic carbocycles. The first-order valence-corrected chi connectivity index (χ1v) is 16.1. The molecule has 0 fully saturated rings. The third kappa shape index (κ3) is 6.37. The molecule has 6 aromatic rings. The predicted molar refractivity (Wildman–Crippen MR) is 173 cm³/mol. The summed E-state index contributed by atoms with van der Waals surface area (Å²) in [5, 5.41) is 5.36. The van der Waals surface area contributed by atoms with E-state index in [1.165, 1.54) is 54.9 Å². The van der Waals surface area contributed by atoms with Gasteiger partial charge >= 0.3 is 7.25 Å². The molecule has 216 valence electrons. The van der Waals surface area contributed by atoms with Crippen molar-refractivity contribution in [1.82, 2.24) is 0 Å². The van der Waals surface area contributed by atoms with Crippen molar-refractivity contribution < 1.29 is 23.0 Å². The molecule has 0 radical (unpaired) electrons. The van der Waals surface area contributed by atoms with E-state index < -0.39 is 15.2 Å². The molecule has 1 aliphatic heterocycles. The quantitative estimate of drug-likeness (QED) is 0.119. The molecule has 7 heteroatoms. The van der Waals surface area contributed by atoms with Crippen LogP contribution in [-0.2, 0) is 12.3 Å². The minimum atomic E-state index is -6.00. The van der Waals surface area contributed by atoms with Crippen molar-refractivity contribution in [3.63, 3.8) is 0 Å². The van der Waals surface area contributed by atoms with Crippen LogP contribution in [0.2, 0.25) is 0 Å². The maximum atomic E-state index is 9.75. The summed E-state index contributed by atoms with van der Waals surface area (Å²) in [5.74, 6) is 0. The first-order chi connectivity index (χ1) is 20.8. The van der Waals surface area contributed by atoms with E-state index in [1.807, 2.05) is 0 Å². The minimum Gasteiger partial charge on any atom is -0.418 e. The van der Waals surface area contributed by atoms with Crippen LogP contribution in [0.25, 0.3) is 32.7 Å². The van der Waals surface area contributed by atoms with E-state index in [2.05, 4.69) is 133 Å². The van der Waals surface area contributed by atoms with Crippen LogP contribution in [0.4, 0.5) is 17.3 Å². The molecule has 0 bridgehead atoms. The maximum absolute atomic E-state index is 9.75. The molecule has 7 rings (SSSR count). The molecule has 0 saturated heterocycles. The molecule has 3 N–H and O–H groups in total. The Hall–Kier alpha value is -3.99. The summed E-state index contributed by atoms with van der Waals surface area (Å²) in [6, 6.07) is 49.6. The fraction of sp³-hybridized carbons (Fsp3) is 0.111. The molecule has 0 saturated carbocycles. The normalized spacial score (nSPS) is 14.6. The predicted octanol–water partition coefficient (Wildman–Crippen LogP) is 10.2. The van der Waals surface area contributed by atoms with Gasteiger partial charge in [0.15, 0.2) is 0 Å². The SMILES string of the molecule is F[B-](F)(F)F.[NH3+][C@H](c1ccccc1)[C@@H](c1ccccc1)P1Cc2ccc3ccccc3c2-c2c(ccc3ccccc23)C1. The number of rotatable bonds is 4. The molecule has 43 heavy (non-hydrogen) atoms. The summed E-state index contributed by atoms with van der Waals surface area (Å²) in [5.41, 5.74) is 13.8. The van der Waals surface area contributed by atoms with Gasteiger partial charge < -0.3 is 23.0 Å². The average molecular weight is 595 g/mol. The lowest BCUT2D eigenvalue weighted by molar-refractivity contribution is -0.427. The van der Waals surface area contributed by atoms with Crippen LogP contribution in [0.3, 0.4) is 0 Å². The Labute approximate surface area is 250 Å². The Kier molecular flexibility index (Phi) is 8.34. The second-order valence-corrected chi connectivity index (χ2v) is 13.3. The molecule has 0 spiro atoms. The van der Waals surface area contributed by atoms with Gasteiger partial charge in [0.25, 0.3) is 0 Å². The molecular formula is C36H31BF4NP. The molecule has 1 nitrogen and oxygen atoms in total. The standard InChI is InChI=1S/C36H30NP.BF4/c37-35(27-13-3-1-4-14-27)36(28-15-5-2-6-16-28)38-23-29-21-19-25-11-7-9-17-31(25)33(29)34-30(24-38)22-20-26-12-8-10-18-32(26)34;2-1(3,4)5/h1-22,35-36H,23-24,37H2;/q;-1/p+1/t35-,36-;/m1./s1. The van der Waals surface area contributed by atoms with Crippen LogP contribution >= 0.6 is 7.92 Å². The van der Waals surface area contributed by atoms with Crippen molar-refractivity contribution in [3.8, 4) is 11.1 Å². The smallest absolute Gasteiger partial charge is 0.418 e. The largest absolute Gasteiger partial charge is 0.673 e. The zero-order valence-electron chi connectivity index (χ0n) is 23.5. The van der Waals surface area contributed by atoms with Gasteiger partial charge in [-0.2, -0.15) is 0 Å². The summed E-state index contributed by atoms with van der Waals surface area (Å²) >= 11 is 0. The van der Waals surface area contributed by atoms with Gasteiger partial charge in [-0.15, -0.1) is 0 Å². The van der Waals surface area contributed by atoms with Crippen molar-refractivity contribution >= 4 is 36.7 Å². The highest BCUT2D eigenvalue weighted by Gasteiger charge is 2.35. The van der Waals surface area contributed by atoms with E-state index in [9.17, 15) is 17.3 Å². The van der Waals surface area contributed by atoms with Crippen LogP contribution in [0.15, 0.2) is 133 Å². The monoisotopic (exact) mass is 595 g/mol. The summed E-state index contributed by atoms with van der Waals surface area (Å²) in [4.78, 5) is 0. The van der Waals surface area contributed by atoms with Gasteiger partial charge in [-0.3, -0.25) is 0 Å². The molecule has 1 heterocycles. The lowest BCUT2D eigenvalue weighted by Crippen LogP contribution is -2.55. The van der Waals surface area contributed by atoms with Crippen LogP contribution in [0, 0.1) is 0 Å². The van der Waals surface area contributed by atoms with Gasteiger partial charge in [-0.1, -0.05) is 141 Å². The van der Waals surface area contributed by atoms with Gasteiger partial charge in [-0.25, -0.2) is 0 Å². The highest BCUT2D eigenvalue weighted by molar-refractivity contribution is 7.56. The molecule has 1 aliphatic rings. The van der Waals surface area contributed by atoms with E-state index in [0.717, 1.165) is 12.3 Å². The van der Waals surface area contributed by atoms with Gasteiger partial charge in [0.2, 0.25) is 0 Å². The van der Waals surface area contributed by atoms with Crippen LogP contribution in [0.5, 0.6) is 0 Å². The van der Waals surface area contributed by atoms with E-state index in [0.29, 0.717) is 5.66 Å². The van der Waals surface area contributed by atoms with Crippen molar-refractivity contribution in [2.75, 3.05) is 0 Å². The summed E-state index contributed by atoms with van der Waals surface area (Å²) < 4.78 is 39.0. The number of fused-ring (bicyclic) bond motifs is 7. The third-order valence-corrected chi connectivity index (χ3v) is 11.1. The van der Waals surface area contributed by atoms with Crippen molar-refractivity contribution in [2.24, 2.45) is 0 Å². The summed E-state index contributed by atoms with van der Waals surface area (Å²) in [6.45, 7) is 0. The zero-order valence-corrected chi connectivity index (χ0v) is 24.4. The third-order valence-electron chi connectivity index (χ3n) is 8.17. The van der Waals surface area contributed by atoms with E-state index in [-0.39, 0.29) is 6.04 Å². The minimum absolute atomic E-state index is 0.190. The molecule has 0 aromatic heterocycles. The number of quaternary nitrogens is 1. The highest BCUT2D eigenvalue weighted by Crippen LogP contribution is 2.63. The Morgan fingerprint density at radius 3 is 1.37 bits per heavy atom. The van der Waals surface area contributed by atoms with Gasteiger partial charge in [0, 0.05) is 5.56 Å². The van der Waals surface area contributed by atoms with Crippen molar-refractivity contribution in [1.29, 1.82) is 0 Å². The zero-order chi connectivity index (χ0) is 30.0. The van der Waals surface area contributed by atoms with Crippen molar-refractivity contribution in [3.05, 3.63) is 156 Å². The average Bonchev–Trinajstić information content (AvgIpc) is 3.18.